The Kier molecular flexibility index (Phi) is 4.00. The predicted octanol–water partition coefficient (Wildman–Crippen LogP) is 2.60. The maximum Gasteiger partial charge on any atom is 0.486 e. The van der Waals surface area contributed by atoms with Gasteiger partial charge in [-0.3, -0.25) is 9.69 Å². The molecule has 0 radical (unpaired) electrons. The molecule has 0 saturated heterocycles. The summed E-state index contributed by atoms with van der Waals surface area (Å²) in [4.78, 5) is 21.3. The third-order valence-electron chi connectivity index (χ3n) is 2.25. The van der Waals surface area contributed by atoms with Crippen LogP contribution in [-0.4, -0.2) is 10.8 Å². The molecule has 1 amide bonds. The van der Waals surface area contributed by atoms with E-state index in [9.17, 15) is 14.3 Å². The molecule has 0 aliphatic rings. The summed E-state index contributed by atoms with van der Waals surface area (Å²) in [7, 11) is -4.24. The zero-order valence-electron chi connectivity index (χ0n) is 9.89. The van der Waals surface area contributed by atoms with Crippen molar-refractivity contribution in [3.05, 3.63) is 66.2 Å². The molecule has 1 unspecified atom stereocenters. The third-order valence-corrected chi connectivity index (χ3v) is 3.20. The van der Waals surface area contributed by atoms with E-state index < -0.39 is 13.7 Å². The van der Waals surface area contributed by atoms with Crippen molar-refractivity contribution < 1.29 is 18.8 Å². The molecular weight excluding hydrogens is 265 g/mol. The summed E-state index contributed by atoms with van der Waals surface area (Å²) < 4.78 is 16.6. The zero-order valence-corrected chi connectivity index (χ0v) is 10.8. The van der Waals surface area contributed by atoms with Crippen molar-refractivity contribution in [3.63, 3.8) is 0 Å². The van der Waals surface area contributed by atoms with E-state index in [0.717, 1.165) is 0 Å². The molecule has 2 N–H and O–H groups in total. The number of rotatable bonds is 4. The Morgan fingerprint density at radius 1 is 1.00 bits per heavy atom. The van der Waals surface area contributed by atoms with Gasteiger partial charge in [-0.15, -0.1) is 0 Å². The van der Waals surface area contributed by atoms with Crippen LogP contribution in [0.15, 0.2) is 60.7 Å². The van der Waals surface area contributed by atoms with Gasteiger partial charge in [0.2, 0.25) is 0 Å². The molecule has 5 nitrogen and oxygen atoms in total. The second-order valence-corrected chi connectivity index (χ2v) is 5.18. The van der Waals surface area contributed by atoms with E-state index in [1.807, 2.05) is 5.09 Å². The molecule has 0 aromatic heterocycles. The van der Waals surface area contributed by atoms with Crippen LogP contribution in [0.5, 0.6) is 5.75 Å². The monoisotopic (exact) mass is 277 g/mol. The van der Waals surface area contributed by atoms with Gasteiger partial charge in [0.1, 0.15) is 5.75 Å². The van der Waals surface area contributed by atoms with Gasteiger partial charge in [-0.1, -0.05) is 36.4 Å². The first-order valence-electron chi connectivity index (χ1n) is 5.52. The minimum absolute atomic E-state index is 0.210. The van der Waals surface area contributed by atoms with Crippen molar-refractivity contribution in [1.29, 1.82) is 0 Å². The first-order chi connectivity index (χ1) is 9.07. The maximum atomic E-state index is 11.8. The van der Waals surface area contributed by atoms with Crippen molar-refractivity contribution in [2.24, 2.45) is 0 Å². The topological polar surface area (TPSA) is 75.6 Å². The lowest BCUT2D eigenvalue weighted by Gasteiger charge is -2.13. The summed E-state index contributed by atoms with van der Waals surface area (Å²) in [6.07, 6.45) is 0. The van der Waals surface area contributed by atoms with E-state index in [0.29, 0.717) is 0 Å². The van der Waals surface area contributed by atoms with Gasteiger partial charge >= 0.3 is 7.75 Å². The van der Waals surface area contributed by atoms with E-state index >= 15 is 0 Å². The van der Waals surface area contributed by atoms with Gasteiger partial charge in [0.15, 0.2) is 0 Å². The van der Waals surface area contributed by atoms with Gasteiger partial charge in [-0.2, -0.15) is 0 Å². The lowest BCUT2D eigenvalue weighted by Crippen LogP contribution is -2.22. The molecule has 0 aliphatic carbocycles. The van der Waals surface area contributed by atoms with Crippen molar-refractivity contribution in [2.75, 3.05) is 0 Å². The summed E-state index contributed by atoms with van der Waals surface area (Å²) in [6.45, 7) is 0. The Hall–Kier alpha value is -2.10. The second kappa shape index (κ2) is 5.69. The second-order valence-electron chi connectivity index (χ2n) is 3.73. The number of carbonyl (C=O) groups is 1. The van der Waals surface area contributed by atoms with Crippen LogP contribution in [0.25, 0.3) is 0 Å². The summed E-state index contributed by atoms with van der Waals surface area (Å²) >= 11 is 0. The maximum absolute atomic E-state index is 11.8. The molecule has 6 heteroatoms. The van der Waals surface area contributed by atoms with Crippen LogP contribution >= 0.6 is 7.75 Å². The van der Waals surface area contributed by atoms with E-state index in [2.05, 4.69) is 0 Å². The zero-order chi connectivity index (χ0) is 13.7. The fraction of sp³-hybridized carbons (Fsp3) is 0. The minimum Gasteiger partial charge on any atom is -0.409 e. The number of para-hydroxylation sites is 1. The highest BCUT2D eigenvalue weighted by molar-refractivity contribution is 7.51. The molecule has 2 rings (SSSR count). The average Bonchev–Trinajstić information content (AvgIpc) is 2.39. The highest BCUT2D eigenvalue weighted by Gasteiger charge is 2.24. The standard InChI is InChI=1S/C13H12NO4P/c15-13(11-7-3-1-4-8-11)14-19(16,17)18-12-9-5-2-6-10-12/h1-10H,(H2,14,15,16,17). The molecular formula is C13H12NO4P. The van der Waals surface area contributed by atoms with E-state index in [1.54, 1.807) is 36.4 Å². The van der Waals surface area contributed by atoms with Crippen LogP contribution in [0.3, 0.4) is 0 Å². The Morgan fingerprint density at radius 3 is 2.11 bits per heavy atom. The summed E-state index contributed by atoms with van der Waals surface area (Å²) in [5.41, 5.74) is 0.286. The van der Waals surface area contributed by atoms with Gasteiger partial charge in [0, 0.05) is 5.56 Å². The Balaban J connectivity index is 2.06. The minimum atomic E-state index is -4.24. The van der Waals surface area contributed by atoms with Crippen LogP contribution in [-0.2, 0) is 4.57 Å². The molecule has 2 aromatic rings. The normalized spacial score (nSPS) is 13.3. The highest BCUT2D eigenvalue weighted by Crippen LogP contribution is 2.38. The predicted molar refractivity (Wildman–Crippen MR) is 70.8 cm³/mol. The van der Waals surface area contributed by atoms with Crippen molar-refractivity contribution in [2.45, 2.75) is 0 Å². The summed E-state index contributed by atoms with van der Waals surface area (Å²) in [5.74, 6) is -0.455. The number of hydrogen-bond acceptors (Lipinski definition) is 3. The van der Waals surface area contributed by atoms with Gasteiger partial charge in [0.05, 0.1) is 0 Å². The molecule has 1 atom stereocenters. The Labute approximate surface area is 110 Å². The first-order valence-corrected chi connectivity index (χ1v) is 7.10. The quantitative estimate of drug-likeness (QED) is 0.842. The number of carbonyl (C=O) groups excluding carboxylic acids is 1. The molecule has 0 bridgehead atoms. The van der Waals surface area contributed by atoms with Crippen LogP contribution < -0.4 is 9.61 Å². The van der Waals surface area contributed by atoms with Crippen LogP contribution in [0.2, 0.25) is 0 Å². The van der Waals surface area contributed by atoms with Gasteiger partial charge in [-0.25, -0.2) is 9.65 Å². The van der Waals surface area contributed by atoms with E-state index in [-0.39, 0.29) is 11.3 Å². The van der Waals surface area contributed by atoms with Crippen molar-refractivity contribution >= 4 is 13.7 Å². The molecule has 0 heterocycles. The van der Waals surface area contributed by atoms with Crippen molar-refractivity contribution in [3.8, 4) is 5.75 Å². The molecule has 0 spiro atoms. The molecule has 0 fully saturated rings. The number of nitrogens with one attached hydrogen (secondary N) is 1. The molecule has 0 saturated carbocycles. The van der Waals surface area contributed by atoms with Crippen molar-refractivity contribution in [1.82, 2.24) is 5.09 Å². The fourth-order valence-corrected chi connectivity index (χ4v) is 2.27. The molecule has 19 heavy (non-hydrogen) atoms. The highest BCUT2D eigenvalue weighted by atomic mass is 31.2. The largest absolute Gasteiger partial charge is 0.486 e. The summed E-state index contributed by atoms with van der Waals surface area (Å²) in [5, 5.41) is 1.97. The molecule has 0 aliphatic heterocycles. The smallest absolute Gasteiger partial charge is 0.409 e. The Bertz CT molecular complexity index is 601. The van der Waals surface area contributed by atoms with Gasteiger partial charge in [0.25, 0.3) is 5.91 Å². The van der Waals surface area contributed by atoms with E-state index in [1.165, 1.54) is 24.3 Å². The summed E-state index contributed by atoms with van der Waals surface area (Å²) in [6, 6.07) is 16.3. The number of amides is 1. The lowest BCUT2D eigenvalue weighted by atomic mass is 10.2. The molecule has 98 valence electrons. The third kappa shape index (κ3) is 3.95. The number of benzene rings is 2. The Morgan fingerprint density at radius 2 is 1.53 bits per heavy atom. The number of hydrogen-bond donors (Lipinski definition) is 2. The first kappa shape index (κ1) is 13.3. The molecule has 2 aromatic carbocycles. The van der Waals surface area contributed by atoms with E-state index in [4.69, 9.17) is 4.52 Å². The fourth-order valence-electron chi connectivity index (χ4n) is 1.43. The van der Waals surface area contributed by atoms with Gasteiger partial charge < -0.3 is 4.52 Å². The SMILES string of the molecule is O=C(NP(=O)(O)Oc1ccccc1)c1ccccc1. The van der Waals surface area contributed by atoms with Crippen LogP contribution in [0, 0.1) is 0 Å². The average molecular weight is 277 g/mol. The van der Waals surface area contributed by atoms with Crippen LogP contribution in [0.4, 0.5) is 0 Å². The van der Waals surface area contributed by atoms with Crippen LogP contribution in [0.1, 0.15) is 10.4 Å². The lowest BCUT2D eigenvalue weighted by molar-refractivity contribution is 0.0972. The van der Waals surface area contributed by atoms with Gasteiger partial charge in [-0.05, 0) is 24.3 Å².